The quantitative estimate of drug-likeness (QED) is 0.271. The number of hydrogen-bond donors (Lipinski definition) is 1. The van der Waals surface area contributed by atoms with Gasteiger partial charge < -0.3 is 11.3 Å². The number of carboxylic acid groups (broad SMARTS) is 1. The molecular formula is C28H29N2NaO3. The van der Waals surface area contributed by atoms with Crippen LogP contribution in [-0.2, 0) is 4.79 Å². The normalized spacial score (nSPS) is 10.5. The average Bonchev–Trinajstić information content (AvgIpc) is 3.24. The molecule has 0 radical (unpaired) electrons. The predicted molar refractivity (Wildman–Crippen MR) is 132 cm³/mol. The van der Waals surface area contributed by atoms with E-state index in [1.165, 1.54) is 0 Å². The molecule has 34 heavy (non-hydrogen) atoms. The van der Waals surface area contributed by atoms with E-state index in [4.69, 9.17) is 14.8 Å². The van der Waals surface area contributed by atoms with Gasteiger partial charge in [0.05, 0.1) is 18.0 Å². The van der Waals surface area contributed by atoms with Gasteiger partial charge in [-0.15, -0.1) is 0 Å². The first kappa shape index (κ1) is 25.8. The van der Waals surface area contributed by atoms with Gasteiger partial charge in [-0.1, -0.05) is 91.7 Å². The van der Waals surface area contributed by atoms with Crippen molar-refractivity contribution in [2.45, 2.75) is 32.1 Å². The van der Waals surface area contributed by atoms with Crippen LogP contribution in [0.3, 0.4) is 0 Å². The summed E-state index contributed by atoms with van der Waals surface area (Å²) < 4.78 is 8.30. The van der Waals surface area contributed by atoms with Crippen molar-refractivity contribution in [1.82, 2.24) is 9.55 Å². The zero-order valence-corrected chi connectivity index (χ0v) is 21.6. The summed E-state index contributed by atoms with van der Waals surface area (Å²) in [7, 11) is 0. The summed E-state index contributed by atoms with van der Waals surface area (Å²) in [6, 6.07) is 31.1. The molecule has 6 heteroatoms. The number of carboxylic acids is 1. The maximum absolute atomic E-state index is 10.7. The Morgan fingerprint density at radius 2 is 1.35 bits per heavy atom. The van der Waals surface area contributed by atoms with Crippen molar-refractivity contribution in [3.05, 3.63) is 91.0 Å². The Morgan fingerprint density at radius 3 is 1.97 bits per heavy atom. The summed E-state index contributed by atoms with van der Waals surface area (Å²) in [4.78, 5) is 15.6. The number of aliphatic carboxylic acids is 1. The molecule has 1 aromatic heterocycles. The first-order chi connectivity index (χ1) is 16.2. The molecule has 0 saturated carbocycles. The number of rotatable bonds is 11. The molecule has 5 nitrogen and oxygen atoms in total. The van der Waals surface area contributed by atoms with Gasteiger partial charge >= 0.3 is 41.5 Å². The molecule has 0 aliphatic heterocycles. The SMILES string of the molecule is O=C(O)CCCCCCOc1nc(-c2ccccc2)c(-c2ccccc2)n1-c1ccccc1.[H-].[Na+]. The van der Waals surface area contributed by atoms with E-state index < -0.39 is 5.97 Å². The minimum Gasteiger partial charge on any atom is -1.00 e. The Morgan fingerprint density at radius 1 is 0.794 bits per heavy atom. The van der Waals surface area contributed by atoms with Crippen LogP contribution in [0.1, 0.15) is 33.5 Å². The minimum atomic E-state index is -0.738. The van der Waals surface area contributed by atoms with E-state index >= 15 is 0 Å². The van der Waals surface area contributed by atoms with Crippen LogP contribution in [0.4, 0.5) is 0 Å². The largest absolute Gasteiger partial charge is 1.00 e. The van der Waals surface area contributed by atoms with Crippen LogP contribution in [0.5, 0.6) is 6.01 Å². The third kappa shape index (κ3) is 6.60. The van der Waals surface area contributed by atoms with Crippen LogP contribution in [0.25, 0.3) is 28.2 Å². The number of hydrogen-bond acceptors (Lipinski definition) is 3. The molecule has 1 heterocycles. The molecule has 170 valence electrons. The topological polar surface area (TPSA) is 64.3 Å². The number of unbranched alkanes of at least 4 members (excludes halogenated alkanes) is 3. The number of carbonyl (C=O) groups is 1. The second-order valence-electron chi connectivity index (χ2n) is 7.90. The zero-order chi connectivity index (χ0) is 22.9. The Hall–Kier alpha value is -2.86. The van der Waals surface area contributed by atoms with Crippen LogP contribution >= 0.6 is 0 Å². The van der Waals surface area contributed by atoms with E-state index in [2.05, 4.69) is 41.0 Å². The molecule has 0 saturated heterocycles. The van der Waals surface area contributed by atoms with E-state index in [1.54, 1.807) is 0 Å². The Bertz CT molecular complexity index is 1170. The fourth-order valence-electron chi connectivity index (χ4n) is 3.87. The average molecular weight is 465 g/mol. The van der Waals surface area contributed by atoms with Gasteiger partial charge in [0.1, 0.15) is 5.69 Å². The van der Waals surface area contributed by atoms with E-state index in [0.29, 0.717) is 19.0 Å². The minimum absolute atomic E-state index is 0. The number of benzene rings is 3. The number of ether oxygens (including phenoxy) is 1. The Kier molecular flexibility index (Phi) is 9.95. The van der Waals surface area contributed by atoms with Gasteiger partial charge in [0, 0.05) is 17.5 Å². The Labute approximate surface area is 224 Å². The van der Waals surface area contributed by atoms with Gasteiger partial charge in [0.25, 0.3) is 0 Å². The number of aromatic nitrogens is 2. The number of nitrogens with zero attached hydrogens (tertiary/aromatic N) is 2. The van der Waals surface area contributed by atoms with Gasteiger partial charge in [-0.2, -0.15) is 4.98 Å². The van der Waals surface area contributed by atoms with E-state index in [1.807, 2.05) is 54.6 Å². The standard InChI is InChI=1S/C28H28N2O3.Na.H/c31-25(32)20-12-1-2-13-21-33-28-29-26(22-14-6-3-7-15-22)27(23-16-8-4-9-17-23)30(28)24-18-10-5-11-19-24;;/h3-11,14-19H,1-2,12-13,20-21H2,(H,31,32);;/q;+1;-1. The molecule has 3 aromatic carbocycles. The van der Waals surface area contributed by atoms with E-state index in [0.717, 1.165) is 47.5 Å². The van der Waals surface area contributed by atoms with Gasteiger partial charge in [-0.25, -0.2) is 0 Å². The number of para-hydroxylation sites is 1. The van der Waals surface area contributed by atoms with Gasteiger partial charge in [-0.3, -0.25) is 9.36 Å². The van der Waals surface area contributed by atoms with Crippen LogP contribution in [-0.4, -0.2) is 27.2 Å². The molecule has 0 spiro atoms. The molecule has 4 rings (SSSR count). The Balaban J connectivity index is 0.00000216. The molecule has 0 bridgehead atoms. The second kappa shape index (κ2) is 13.1. The van der Waals surface area contributed by atoms with Crippen LogP contribution in [0.15, 0.2) is 91.0 Å². The molecule has 0 atom stereocenters. The van der Waals surface area contributed by atoms with E-state index in [9.17, 15) is 4.79 Å². The molecule has 0 unspecified atom stereocenters. The van der Waals surface area contributed by atoms with Crippen molar-refractivity contribution < 1.29 is 45.6 Å². The van der Waals surface area contributed by atoms with E-state index in [-0.39, 0.29) is 37.4 Å². The molecule has 0 fully saturated rings. The maximum Gasteiger partial charge on any atom is 1.00 e. The molecule has 1 N–H and O–H groups in total. The zero-order valence-electron chi connectivity index (χ0n) is 20.6. The molecule has 0 amide bonds. The summed E-state index contributed by atoms with van der Waals surface area (Å²) in [6.45, 7) is 0.527. The first-order valence-electron chi connectivity index (χ1n) is 11.4. The predicted octanol–water partition coefficient (Wildman–Crippen LogP) is 3.74. The molecule has 0 aliphatic rings. The maximum atomic E-state index is 10.7. The molecule has 4 aromatic rings. The van der Waals surface area contributed by atoms with Crippen molar-refractivity contribution >= 4 is 5.97 Å². The molecule has 0 aliphatic carbocycles. The first-order valence-corrected chi connectivity index (χ1v) is 11.4. The summed E-state index contributed by atoms with van der Waals surface area (Å²) in [5.41, 5.74) is 4.95. The fraction of sp³-hybridized carbons (Fsp3) is 0.214. The van der Waals surface area contributed by atoms with Crippen molar-refractivity contribution in [2.24, 2.45) is 0 Å². The van der Waals surface area contributed by atoms with Crippen LogP contribution in [0.2, 0.25) is 0 Å². The van der Waals surface area contributed by atoms with Gasteiger partial charge in [-0.05, 0) is 25.0 Å². The van der Waals surface area contributed by atoms with Crippen molar-refractivity contribution in [3.63, 3.8) is 0 Å². The van der Waals surface area contributed by atoms with Gasteiger partial charge in [0.2, 0.25) is 0 Å². The monoisotopic (exact) mass is 464 g/mol. The number of imidazole rings is 1. The summed E-state index contributed by atoms with van der Waals surface area (Å²) in [5.74, 6) is -0.738. The summed E-state index contributed by atoms with van der Waals surface area (Å²) in [6.07, 6.45) is 3.58. The van der Waals surface area contributed by atoms with Gasteiger partial charge in [0.15, 0.2) is 0 Å². The van der Waals surface area contributed by atoms with Crippen molar-refractivity contribution in [1.29, 1.82) is 0 Å². The van der Waals surface area contributed by atoms with Crippen LogP contribution in [0, 0.1) is 0 Å². The second-order valence-corrected chi connectivity index (χ2v) is 7.90. The third-order valence-corrected chi connectivity index (χ3v) is 5.47. The summed E-state index contributed by atoms with van der Waals surface area (Å²) >= 11 is 0. The third-order valence-electron chi connectivity index (χ3n) is 5.47. The summed E-state index contributed by atoms with van der Waals surface area (Å²) in [5, 5.41) is 8.78. The fourth-order valence-corrected chi connectivity index (χ4v) is 3.87. The van der Waals surface area contributed by atoms with Crippen molar-refractivity contribution in [3.8, 4) is 34.2 Å². The smallest absolute Gasteiger partial charge is 1.00 e. The molecular weight excluding hydrogens is 435 g/mol. The van der Waals surface area contributed by atoms with Crippen molar-refractivity contribution in [2.75, 3.05) is 6.61 Å². The van der Waals surface area contributed by atoms with Crippen LogP contribution < -0.4 is 34.3 Å².